The highest BCUT2D eigenvalue weighted by Crippen LogP contribution is 2.25. The van der Waals surface area contributed by atoms with E-state index in [4.69, 9.17) is 17.3 Å². The predicted molar refractivity (Wildman–Crippen MR) is 65.0 cm³/mol. The molecule has 2 N–H and O–H groups in total. The summed E-state index contributed by atoms with van der Waals surface area (Å²) in [6.07, 6.45) is 0. The van der Waals surface area contributed by atoms with Crippen molar-refractivity contribution in [1.29, 1.82) is 0 Å². The Morgan fingerprint density at radius 3 is 2.73 bits per heavy atom. The molecule has 78 valence electrons. The maximum absolute atomic E-state index is 5.96. The Bertz CT molecular complexity index is 474. The molecule has 0 aliphatic carbocycles. The van der Waals surface area contributed by atoms with Crippen LogP contribution in [0.1, 0.15) is 6.92 Å². The Hall–Kier alpha value is -1.41. The first-order valence-corrected chi connectivity index (χ1v) is 5.31. The lowest BCUT2D eigenvalue weighted by Gasteiger charge is -2.08. The third-order valence-electron chi connectivity index (χ3n) is 2.45. The zero-order valence-corrected chi connectivity index (χ0v) is 9.33. The van der Waals surface area contributed by atoms with E-state index in [1.165, 1.54) is 0 Å². The fourth-order valence-electron chi connectivity index (χ4n) is 1.74. The van der Waals surface area contributed by atoms with E-state index in [0.717, 1.165) is 28.6 Å². The van der Waals surface area contributed by atoms with E-state index < -0.39 is 0 Å². The minimum atomic E-state index is 0.745. The van der Waals surface area contributed by atoms with Gasteiger partial charge in [0, 0.05) is 17.3 Å². The molecule has 0 fully saturated rings. The highest BCUT2D eigenvalue weighted by Gasteiger charge is 2.06. The van der Waals surface area contributed by atoms with Gasteiger partial charge in [-0.3, -0.25) is 0 Å². The van der Waals surface area contributed by atoms with Gasteiger partial charge < -0.3 is 10.3 Å². The molecule has 0 amide bonds. The van der Waals surface area contributed by atoms with Crippen molar-refractivity contribution in [1.82, 2.24) is 4.57 Å². The van der Waals surface area contributed by atoms with Crippen molar-refractivity contribution in [2.75, 3.05) is 5.73 Å². The van der Waals surface area contributed by atoms with Gasteiger partial charge in [-0.25, -0.2) is 0 Å². The van der Waals surface area contributed by atoms with E-state index in [9.17, 15) is 0 Å². The zero-order valence-electron chi connectivity index (χ0n) is 8.57. The third kappa shape index (κ3) is 1.85. The van der Waals surface area contributed by atoms with Crippen molar-refractivity contribution in [3.8, 4) is 11.3 Å². The maximum atomic E-state index is 5.96. The summed E-state index contributed by atoms with van der Waals surface area (Å²) in [4.78, 5) is 0. The van der Waals surface area contributed by atoms with Crippen LogP contribution in [0.25, 0.3) is 11.3 Å². The molecule has 2 nitrogen and oxygen atoms in total. The number of hydrogen-bond acceptors (Lipinski definition) is 1. The summed E-state index contributed by atoms with van der Waals surface area (Å²) in [6.45, 7) is 2.94. The van der Waals surface area contributed by atoms with Gasteiger partial charge in [-0.15, -0.1) is 0 Å². The second-order valence-corrected chi connectivity index (χ2v) is 3.83. The SMILES string of the molecule is CCn1c(N)ccc1-c1cccc(Cl)c1. The van der Waals surface area contributed by atoms with Gasteiger partial charge in [-0.05, 0) is 36.8 Å². The highest BCUT2D eigenvalue weighted by atomic mass is 35.5. The number of nitrogens with two attached hydrogens (primary N) is 1. The predicted octanol–water partition coefficient (Wildman–Crippen LogP) is 3.41. The van der Waals surface area contributed by atoms with E-state index in [2.05, 4.69) is 11.5 Å². The van der Waals surface area contributed by atoms with Crippen LogP contribution in [0, 0.1) is 0 Å². The first-order chi connectivity index (χ1) is 7.22. The Morgan fingerprint density at radius 1 is 1.27 bits per heavy atom. The van der Waals surface area contributed by atoms with E-state index in [1.54, 1.807) is 0 Å². The number of rotatable bonds is 2. The zero-order chi connectivity index (χ0) is 10.8. The highest BCUT2D eigenvalue weighted by molar-refractivity contribution is 6.30. The second kappa shape index (κ2) is 3.99. The molecule has 0 bridgehead atoms. The molecule has 2 rings (SSSR count). The summed E-state index contributed by atoms with van der Waals surface area (Å²) in [5.41, 5.74) is 8.06. The van der Waals surface area contributed by atoms with Gasteiger partial charge in [0.15, 0.2) is 0 Å². The molecule has 1 aromatic heterocycles. The van der Waals surface area contributed by atoms with Crippen LogP contribution in [0.5, 0.6) is 0 Å². The van der Waals surface area contributed by atoms with Crippen molar-refractivity contribution in [3.05, 3.63) is 41.4 Å². The summed E-state index contributed by atoms with van der Waals surface area (Å²) < 4.78 is 2.06. The molecule has 0 saturated heterocycles. The first-order valence-electron chi connectivity index (χ1n) is 4.93. The number of aromatic nitrogens is 1. The molecular weight excluding hydrogens is 208 g/mol. The van der Waals surface area contributed by atoms with Crippen LogP contribution in [-0.4, -0.2) is 4.57 Å². The van der Waals surface area contributed by atoms with Crippen molar-refractivity contribution in [2.24, 2.45) is 0 Å². The quantitative estimate of drug-likeness (QED) is 0.826. The van der Waals surface area contributed by atoms with Crippen LogP contribution in [0.2, 0.25) is 5.02 Å². The number of halogens is 1. The van der Waals surface area contributed by atoms with Crippen LogP contribution in [0.4, 0.5) is 5.82 Å². The van der Waals surface area contributed by atoms with Gasteiger partial charge in [0.05, 0.1) is 0 Å². The molecule has 15 heavy (non-hydrogen) atoms. The molecule has 0 aliphatic heterocycles. The summed E-state index contributed by atoms with van der Waals surface area (Å²) in [6, 6.07) is 11.7. The minimum Gasteiger partial charge on any atom is -0.385 e. The molecule has 0 atom stereocenters. The Kier molecular flexibility index (Phi) is 2.69. The van der Waals surface area contributed by atoms with Gasteiger partial charge in [0.1, 0.15) is 5.82 Å². The van der Waals surface area contributed by atoms with E-state index in [1.807, 2.05) is 36.4 Å². The molecule has 2 aromatic rings. The smallest absolute Gasteiger partial charge is 0.103 e. The average Bonchev–Trinajstić information content (AvgIpc) is 2.59. The average molecular weight is 221 g/mol. The largest absolute Gasteiger partial charge is 0.385 e. The lowest BCUT2D eigenvalue weighted by Crippen LogP contribution is -2.01. The molecule has 0 aliphatic rings. The van der Waals surface area contributed by atoms with Crippen molar-refractivity contribution < 1.29 is 0 Å². The Labute approximate surface area is 94.3 Å². The molecule has 1 aromatic carbocycles. The second-order valence-electron chi connectivity index (χ2n) is 3.40. The number of nitrogen functional groups attached to an aromatic ring is 1. The standard InChI is InChI=1S/C12H13ClN2/c1-2-15-11(6-7-12(15)14)9-4-3-5-10(13)8-9/h3-8H,2,14H2,1H3. The van der Waals surface area contributed by atoms with Crippen molar-refractivity contribution in [2.45, 2.75) is 13.5 Å². The van der Waals surface area contributed by atoms with E-state index in [0.29, 0.717) is 0 Å². The number of anilines is 1. The fourth-order valence-corrected chi connectivity index (χ4v) is 1.93. The molecule has 0 saturated carbocycles. The lowest BCUT2D eigenvalue weighted by atomic mass is 10.1. The Balaban J connectivity index is 2.54. The molecule has 1 heterocycles. The van der Waals surface area contributed by atoms with E-state index in [-0.39, 0.29) is 0 Å². The van der Waals surface area contributed by atoms with Gasteiger partial charge in [0.2, 0.25) is 0 Å². The van der Waals surface area contributed by atoms with Gasteiger partial charge in [-0.1, -0.05) is 23.7 Å². The molecule has 3 heteroatoms. The Morgan fingerprint density at radius 2 is 2.07 bits per heavy atom. The first kappa shape index (κ1) is 10.1. The van der Waals surface area contributed by atoms with Crippen molar-refractivity contribution >= 4 is 17.4 Å². The van der Waals surface area contributed by atoms with E-state index >= 15 is 0 Å². The maximum Gasteiger partial charge on any atom is 0.103 e. The topological polar surface area (TPSA) is 30.9 Å². The summed E-state index contributed by atoms with van der Waals surface area (Å²) in [7, 11) is 0. The third-order valence-corrected chi connectivity index (χ3v) is 2.69. The van der Waals surface area contributed by atoms with Crippen LogP contribution in [0.15, 0.2) is 36.4 Å². The van der Waals surface area contributed by atoms with Crippen LogP contribution in [0.3, 0.4) is 0 Å². The number of hydrogen-bond donors (Lipinski definition) is 1. The van der Waals surface area contributed by atoms with Crippen LogP contribution < -0.4 is 5.73 Å². The van der Waals surface area contributed by atoms with Crippen LogP contribution in [-0.2, 0) is 6.54 Å². The molecule has 0 spiro atoms. The normalized spacial score (nSPS) is 10.5. The molecule has 0 radical (unpaired) electrons. The summed E-state index contributed by atoms with van der Waals surface area (Å²) >= 11 is 5.96. The van der Waals surface area contributed by atoms with Gasteiger partial charge in [0.25, 0.3) is 0 Å². The van der Waals surface area contributed by atoms with Crippen molar-refractivity contribution in [3.63, 3.8) is 0 Å². The molecule has 0 unspecified atom stereocenters. The monoisotopic (exact) mass is 220 g/mol. The summed E-state index contributed by atoms with van der Waals surface area (Å²) in [5.74, 6) is 0.785. The summed E-state index contributed by atoms with van der Waals surface area (Å²) in [5, 5.41) is 0.745. The van der Waals surface area contributed by atoms with Crippen LogP contribution >= 0.6 is 11.6 Å². The van der Waals surface area contributed by atoms with Gasteiger partial charge >= 0.3 is 0 Å². The number of nitrogens with zero attached hydrogens (tertiary/aromatic N) is 1. The minimum absolute atomic E-state index is 0.745. The lowest BCUT2D eigenvalue weighted by molar-refractivity contribution is 0.788. The molecular formula is C12H13ClN2. The fraction of sp³-hybridized carbons (Fsp3) is 0.167. The number of benzene rings is 1. The van der Waals surface area contributed by atoms with Gasteiger partial charge in [-0.2, -0.15) is 0 Å².